The van der Waals surface area contributed by atoms with Crippen LogP contribution in [0.5, 0.6) is 0 Å². The van der Waals surface area contributed by atoms with Gasteiger partial charge in [0.2, 0.25) is 5.91 Å². The van der Waals surface area contributed by atoms with Crippen LogP contribution in [-0.4, -0.2) is 11.9 Å². The Bertz CT molecular complexity index is 438. The molecule has 3 N–H and O–H groups in total. The van der Waals surface area contributed by atoms with Crippen LogP contribution in [0, 0.1) is 18.2 Å². The number of rotatable bonds is 3. The van der Waals surface area contributed by atoms with Gasteiger partial charge in [0.15, 0.2) is 0 Å². The number of benzene rings is 1. The Balaban J connectivity index is 2.60. The van der Waals surface area contributed by atoms with Gasteiger partial charge in [0.05, 0.1) is 6.04 Å². The molecule has 0 aliphatic carbocycles. The maximum atomic E-state index is 13.3. The summed E-state index contributed by atoms with van der Waals surface area (Å²) in [4.78, 5) is 11.8. The van der Waals surface area contributed by atoms with Gasteiger partial charge in [-0.3, -0.25) is 4.79 Å². The first-order valence-electron chi connectivity index (χ1n) is 6.00. The van der Waals surface area contributed by atoms with E-state index in [0.717, 1.165) is 5.56 Å². The van der Waals surface area contributed by atoms with Crippen molar-refractivity contribution in [3.63, 3.8) is 0 Å². The quantitative estimate of drug-likeness (QED) is 0.865. The summed E-state index contributed by atoms with van der Waals surface area (Å²) < 4.78 is 13.3. The van der Waals surface area contributed by atoms with Crippen molar-refractivity contribution in [3.05, 3.63) is 35.1 Å². The third kappa shape index (κ3) is 3.81. The molecule has 0 saturated heterocycles. The molecule has 0 fully saturated rings. The highest BCUT2D eigenvalue weighted by atomic mass is 19.1. The Kier molecular flexibility index (Phi) is 4.46. The highest BCUT2D eigenvalue weighted by Gasteiger charge is 2.27. The fraction of sp³-hybridized carbons (Fsp3) is 0.500. The van der Waals surface area contributed by atoms with Crippen LogP contribution in [0.25, 0.3) is 0 Å². The van der Waals surface area contributed by atoms with Crippen molar-refractivity contribution < 1.29 is 9.18 Å². The van der Waals surface area contributed by atoms with Gasteiger partial charge < -0.3 is 11.1 Å². The van der Waals surface area contributed by atoms with Crippen molar-refractivity contribution in [1.82, 2.24) is 5.32 Å². The van der Waals surface area contributed by atoms with E-state index in [2.05, 4.69) is 5.32 Å². The molecule has 4 heteroatoms. The van der Waals surface area contributed by atoms with E-state index in [4.69, 9.17) is 5.73 Å². The molecular formula is C14H21FN2O. The van der Waals surface area contributed by atoms with E-state index in [9.17, 15) is 9.18 Å². The number of hydrogen-bond donors (Lipinski definition) is 2. The Morgan fingerprint density at radius 2 is 2.06 bits per heavy atom. The minimum atomic E-state index is -0.576. The van der Waals surface area contributed by atoms with E-state index in [1.165, 1.54) is 6.07 Å². The molecule has 0 spiro atoms. The molecule has 100 valence electrons. The SMILES string of the molecule is Cc1ccc(CNC(=O)C(N)C(C)(C)C)cc1F. The maximum absolute atomic E-state index is 13.3. The molecule has 0 heterocycles. The van der Waals surface area contributed by atoms with Gasteiger partial charge in [-0.25, -0.2) is 4.39 Å². The average molecular weight is 252 g/mol. The average Bonchev–Trinajstić information content (AvgIpc) is 2.28. The normalized spacial score (nSPS) is 13.2. The largest absolute Gasteiger partial charge is 0.351 e. The second kappa shape index (κ2) is 5.48. The molecule has 0 aliphatic rings. The van der Waals surface area contributed by atoms with Crippen molar-refractivity contribution in [1.29, 1.82) is 0 Å². The summed E-state index contributed by atoms with van der Waals surface area (Å²) in [6.45, 7) is 7.71. The van der Waals surface area contributed by atoms with Crippen molar-refractivity contribution in [2.75, 3.05) is 0 Å². The predicted molar refractivity (Wildman–Crippen MR) is 70.4 cm³/mol. The summed E-state index contributed by atoms with van der Waals surface area (Å²) >= 11 is 0. The lowest BCUT2D eigenvalue weighted by molar-refractivity contribution is -0.124. The summed E-state index contributed by atoms with van der Waals surface area (Å²) in [6, 6.07) is 4.34. The predicted octanol–water partition coefficient (Wildman–Crippen LogP) is 2.12. The van der Waals surface area contributed by atoms with Crippen LogP contribution >= 0.6 is 0 Å². The van der Waals surface area contributed by atoms with Gasteiger partial charge in [0.1, 0.15) is 5.82 Å². The number of carbonyl (C=O) groups is 1. The van der Waals surface area contributed by atoms with Crippen LogP contribution in [0.3, 0.4) is 0 Å². The molecule has 0 aliphatic heterocycles. The molecule has 0 radical (unpaired) electrons. The Morgan fingerprint density at radius 3 is 2.56 bits per heavy atom. The van der Waals surface area contributed by atoms with Crippen LogP contribution in [0.1, 0.15) is 31.9 Å². The summed E-state index contributed by atoms with van der Waals surface area (Å²) in [5.74, 6) is -0.481. The van der Waals surface area contributed by atoms with E-state index in [1.807, 2.05) is 20.8 Å². The Morgan fingerprint density at radius 1 is 1.44 bits per heavy atom. The number of hydrogen-bond acceptors (Lipinski definition) is 2. The monoisotopic (exact) mass is 252 g/mol. The molecule has 0 bridgehead atoms. The molecule has 3 nitrogen and oxygen atoms in total. The molecule has 0 saturated carbocycles. The van der Waals surface area contributed by atoms with Crippen LogP contribution < -0.4 is 11.1 Å². The third-order valence-electron chi connectivity index (χ3n) is 2.92. The number of amides is 1. The van der Waals surface area contributed by atoms with Gasteiger partial charge in [-0.05, 0) is 29.5 Å². The summed E-state index contributed by atoms with van der Waals surface area (Å²) in [7, 11) is 0. The minimum absolute atomic E-state index is 0.219. The fourth-order valence-electron chi connectivity index (χ4n) is 1.44. The highest BCUT2D eigenvalue weighted by molar-refractivity contribution is 5.82. The number of nitrogens with one attached hydrogen (secondary N) is 1. The molecule has 1 unspecified atom stereocenters. The Labute approximate surface area is 108 Å². The molecule has 1 atom stereocenters. The Hall–Kier alpha value is -1.42. The second-order valence-electron chi connectivity index (χ2n) is 5.65. The highest BCUT2D eigenvalue weighted by Crippen LogP contribution is 2.17. The van der Waals surface area contributed by atoms with Crippen molar-refractivity contribution in [2.24, 2.45) is 11.1 Å². The van der Waals surface area contributed by atoms with Crippen molar-refractivity contribution >= 4 is 5.91 Å². The molecule has 18 heavy (non-hydrogen) atoms. The van der Waals surface area contributed by atoms with Crippen LogP contribution in [0.15, 0.2) is 18.2 Å². The first kappa shape index (κ1) is 14.6. The van der Waals surface area contributed by atoms with Gasteiger partial charge in [-0.15, -0.1) is 0 Å². The van der Waals surface area contributed by atoms with E-state index < -0.39 is 6.04 Å². The topological polar surface area (TPSA) is 55.1 Å². The molecule has 1 amide bonds. The zero-order valence-electron chi connectivity index (χ0n) is 11.4. The summed E-state index contributed by atoms with van der Waals surface area (Å²) in [6.07, 6.45) is 0. The molecule has 1 aromatic carbocycles. The fourth-order valence-corrected chi connectivity index (χ4v) is 1.44. The first-order valence-corrected chi connectivity index (χ1v) is 6.00. The number of nitrogens with two attached hydrogens (primary N) is 1. The standard InChI is InChI=1S/C14H21FN2O/c1-9-5-6-10(7-11(9)15)8-17-13(18)12(16)14(2,3)4/h5-7,12H,8,16H2,1-4H3,(H,17,18). The van der Waals surface area contributed by atoms with Crippen LogP contribution in [-0.2, 0) is 11.3 Å². The maximum Gasteiger partial charge on any atom is 0.237 e. The van der Waals surface area contributed by atoms with Crippen molar-refractivity contribution in [2.45, 2.75) is 40.3 Å². The van der Waals surface area contributed by atoms with E-state index in [0.29, 0.717) is 12.1 Å². The van der Waals surface area contributed by atoms with Gasteiger partial charge >= 0.3 is 0 Å². The van der Waals surface area contributed by atoms with Crippen LogP contribution in [0.2, 0.25) is 0 Å². The molecule has 1 aromatic rings. The van der Waals surface area contributed by atoms with E-state index in [-0.39, 0.29) is 17.1 Å². The van der Waals surface area contributed by atoms with Crippen LogP contribution in [0.4, 0.5) is 4.39 Å². The van der Waals surface area contributed by atoms with Gasteiger partial charge in [0.25, 0.3) is 0 Å². The summed E-state index contributed by atoms with van der Waals surface area (Å²) in [5.41, 5.74) is 6.86. The lowest BCUT2D eigenvalue weighted by Gasteiger charge is -2.25. The molecular weight excluding hydrogens is 231 g/mol. The van der Waals surface area contributed by atoms with E-state index >= 15 is 0 Å². The van der Waals surface area contributed by atoms with Gasteiger partial charge in [0, 0.05) is 6.54 Å². The number of halogens is 1. The lowest BCUT2D eigenvalue weighted by atomic mass is 9.87. The minimum Gasteiger partial charge on any atom is -0.351 e. The van der Waals surface area contributed by atoms with Crippen molar-refractivity contribution in [3.8, 4) is 0 Å². The van der Waals surface area contributed by atoms with Gasteiger partial charge in [-0.1, -0.05) is 32.9 Å². The number of aryl methyl sites for hydroxylation is 1. The smallest absolute Gasteiger partial charge is 0.237 e. The lowest BCUT2D eigenvalue weighted by Crippen LogP contribution is -2.48. The molecule has 1 rings (SSSR count). The van der Waals surface area contributed by atoms with E-state index in [1.54, 1.807) is 19.1 Å². The zero-order chi connectivity index (χ0) is 13.9. The summed E-state index contributed by atoms with van der Waals surface area (Å²) in [5, 5.41) is 2.72. The second-order valence-corrected chi connectivity index (χ2v) is 5.65. The molecule has 0 aromatic heterocycles. The third-order valence-corrected chi connectivity index (χ3v) is 2.92. The zero-order valence-corrected chi connectivity index (χ0v) is 11.4. The van der Waals surface area contributed by atoms with Gasteiger partial charge in [-0.2, -0.15) is 0 Å². The first-order chi connectivity index (χ1) is 8.21. The number of carbonyl (C=O) groups excluding carboxylic acids is 1.